The van der Waals surface area contributed by atoms with E-state index in [0.717, 1.165) is 19.6 Å². The molecule has 4 heteroatoms. The molecule has 0 radical (unpaired) electrons. The average molecular weight is 278 g/mol. The van der Waals surface area contributed by atoms with Gasteiger partial charge in [0.2, 0.25) is 0 Å². The fourth-order valence-corrected chi connectivity index (χ4v) is 2.85. The van der Waals surface area contributed by atoms with Crippen LogP contribution in [0.25, 0.3) is 0 Å². The monoisotopic (exact) mass is 278 g/mol. The van der Waals surface area contributed by atoms with Gasteiger partial charge in [0.1, 0.15) is 0 Å². The third-order valence-corrected chi connectivity index (χ3v) is 4.02. The van der Waals surface area contributed by atoms with Crippen molar-refractivity contribution in [1.82, 2.24) is 4.90 Å². The van der Waals surface area contributed by atoms with Crippen molar-refractivity contribution in [2.75, 3.05) is 19.7 Å². The van der Waals surface area contributed by atoms with Crippen LogP contribution in [0.15, 0.2) is 18.2 Å². The molecule has 0 bridgehead atoms. The fourth-order valence-electron chi connectivity index (χ4n) is 2.85. The second-order valence-corrected chi connectivity index (χ2v) is 5.73. The van der Waals surface area contributed by atoms with Crippen LogP contribution in [0.4, 0.5) is 0 Å². The van der Waals surface area contributed by atoms with Gasteiger partial charge < -0.3 is 15.6 Å². The second kappa shape index (κ2) is 6.95. The molecule has 1 saturated heterocycles. The van der Waals surface area contributed by atoms with Crippen molar-refractivity contribution in [3.05, 3.63) is 23.8 Å². The standard InChI is InChI=1S/C16H26N2O2/c1-3-20-16-9-13(6-7-15(16)19)10-18-8-4-5-14(11-18)12(2)17/h6-7,9,12,14,19H,3-5,8,10-11,17H2,1-2H3. The number of rotatable bonds is 5. The van der Waals surface area contributed by atoms with Gasteiger partial charge in [-0.2, -0.15) is 0 Å². The summed E-state index contributed by atoms with van der Waals surface area (Å²) < 4.78 is 5.44. The molecule has 1 aromatic carbocycles. The Labute approximate surface area is 121 Å². The Morgan fingerprint density at radius 3 is 3.00 bits per heavy atom. The number of nitrogens with two attached hydrogens (primary N) is 1. The number of nitrogens with zero attached hydrogens (tertiary/aromatic N) is 1. The van der Waals surface area contributed by atoms with Gasteiger partial charge in [0, 0.05) is 19.1 Å². The Morgan fingerprint density at radius 2 is 2.30 bits per heavy atom. The summed E-state index contributed by atoms with van der Waals surface area (Å²) in [5, 5.41) is 9.73. The quantitative estimate of drug-likeness (QED) is 0.868. The molecule has 112 valence electrons. The first-order chi connectivity index (χ1) is 9.60. The van der Waals surface area contributed by atoms with Crippen molar-refractivity contribution in [1.29, 1.82) is 0 Å². The molecular formula is C16H26N2O2. The van der Waals surface area contributed by atoms with Crippen LogP contribution in [0.1, 0.15) is 32.3 Å². The first kappa shape index (κ1) is 15.1. The number of likely N-dealkylation sites (tertiary alicyclic amines) is 1. The minimum Gasteiger partial charge on any atom is -0.504 e. The molecule has 1 heterocycles. The van der Waals surface area contributed by atoms with Crippen LogP contribution in [0.2, 0.25) is 0 Å². The maximum Gasteiger partial charge on any atom is 0.161 e. The number of phenols is 1. The van der Waals surface area contributed by atoms with Crippen LogP contribution in [0.5, 0.6) is 11.5 Å². The van der Waals surface area contributed by atoms with Gasteiger partial charge in [-0.15, -0.1) is 0 Å². The zero-order chi connectivity index (χ0) is 14.5. The van der Waals surface area contributed by atoms with Crippen LogP contribution < -0.4 is 10.5 Å². The summed E-state index contributed by atoms with van der Waals surface area (Å²) in [6, 6.07) is 5.88. The van der Waals surface area contributed by atoms with Gasteiger partial charge in [0.25, 0.3) is 0 Å². The molecule has 2 unspecified atom stereocenters. The first-order valence-electron chi connectivity index (χ1n) is 7.52. The van der Waals surface area contributed by atoms with E-state index in [0.29, 0.717) is 18.3 Å². The SMILES string of the molecule is CCOc1cc(CN2CCCC(C(C)N)C2)ccc1O. The van der Waals surface area contributed by atoms with Gasteiger partial charge in [-0.1, -0.05) is 6.07 Å². The first-order valence-corrected chi connectivity index (χ1v) is 7.52. The van der Waals surface area contributed by atoms with E-state index in [9.17, 15) is 5.11 Å². The summed E-state index contributed by atoms with van der Waals surface area (Å²) in [7, 11) is 0. The third-order valence-electron chi connectivity index (χ3n) is 4.02. The Balaban J connectivity index is 2.00. The van der Waals surface area contributed by atoms with Crippen LogP contribution in [-0.2, 0) is 6.54 Å². The van der Waals surface area contributed by atoms with Crippen molar-refractivity contribution in [2.45, 2.75) is 39.3 Å². The molecule has 1 aliphatic rings. The highest BCUT2D eigenvalue weighted by molar-refractivity contribution is 5.41. The lowest BCUT2D eigenvalue weighted by molar-refractivity contribution is 0.154. The van der Waals surface area contributed by atoms with Crippen molar-refractivity contribution >= 4 is 0 Å². The van der Waals surface area contributed by atoms with E-state index in [1.54, 1.807) is 6.07 Å². The number of phenolic OH excluding ortho intramolecular Hbond substituents is 1. The molecule has 0 amide bonds. The lowest BCUT2D eigenvalue weighted by atomic mass is 9.92. The molecule has 3 N–H and O–H groups in total. The van der Waals surface area contributed by atoms with Gasteiger partial charge in [-0.05, 0) is 56.8 Å². The summed E-state index contributed by atoms with van der Waals surface area (Å²) >= 11 is 0. The highest BCUT2D eigenvalue weighted by Crippen LogP contribution is 2.28. The predicted molar refractivity (Wildman–Crippen MR) is 80.9 cm³/mol. The van der Waals surface area contributed by atoms with Crippen molar-refractivity contribution < 1.29 is 9.84 Å². The number of hydrogen-bond donors (Lipinski definition) is 2. The van der Waals surface area contributed by atoms with E-state index in [4.69, 9.17) is 10.5 Å². The van der Waals surface area contributed by atoms with E-state index in [1.807, 2.05) is 19.1 Å². The zero-order valence-corrected chi connectivity index (χ0v) is 12.5. The fraction of sp³-hybridized carbons (Fsp3) is 0.625. The predicted octanol–water partition coefficient (Wildman–Crippen LogP) is 2.35. The molecule has 0 aromatic heterocycles. The van der Waals surface area contributed by atoms with E-state index in [-0.39, 0.29) is 11.8 Å². The highest BCUT2D eigenvalue weighted by Gasteiger charge is 2.22. The Hall–Kier alpha value is -1.26. The zero-order valence-electron chi connectivity index (χ0n) is 12.5. The molecule has 1 aliphatic heterocycles. The van der Waals surface area contributed by atoms with Gasteiger partial charge in [-0.3, -0.25) is 4.90 Å². The molecule has 1 fully saturated rings. The molecular weight excluding hydrogens is 252 g/mol. The van der Waals surface area contributed by atoms with Crippen LogP contribution in [0, 0.1) is 5.92 Å². The lowest BCUT2D eigenvalue weighted by Crippen LogP contribution is -2.41. The Morgan fingerprint density at radius 1 is 1.50 bits per heavy atom. The summed E-state index contributed by atoms with van der Waals surface area (Å²) in [6.45, 7) is 7.65. The molecule has 2 atom stereocenters. The van der Waals surface area contributed by atoms with Gasteiger partial charge >= 0.3 is 0 Å². The Kier molecular flexibility index (Phi) is 5.26. The van der Waals surface area contributed by atoms with Gasteiger partial charge in [0.05, 0.1) is 6.61 Å². The molecule has 20 heavy (non-hydrogen) atoms. The smallest absolute Gasteiger partial charge is 0.161 e. The van der Waals surface area contributed by atoms with Crippen molar-refractivity contribution in [3.63, 3.8) is 0 Å². The van der Waals surface area contributed by atoms with Crippen LogP contribution in [-0.4, -0.2) is 35.7 Å². The molecule has 0 spiro atoms. The summed E-state index contributed by atoms with van der Waals surface area (Å²) in [5.41, 5.74) is 7.20. The topological polar surface area (TPSA) is 58.7 Å². The summed E-state index contributed by atoms with van der Waals surface area (Å²) in [5.74, 6) is 1.38. The second-order valence-electron chi connectivity index (χ2n) is 5.73. The van der Waals surface area contributed by atoms with E-state index >= 15 is 0 Å². The molecule has 2 rings (SSSR count). The molecule has 0 saturated carbocycles. The largest absolute Gasteiger partial charge is 0.504 e. The van der Waals surface area contributed by atoms with Crippen LogP contribution in [0.3, 0.4) is 0 Å². The van der Waals surface area contributed by atoms with Crippen LogP contribution >= 0.6 is 0 Å². The number of hydrogen-bond acceptors (Lipinski definition) is 4. The normalized spacial score (nSPS) is 21.6. The third kappa shape index (κ3) is 3.87. The minimum absolute atomic E-state index is 0.211. The summed E-state index contributed by atoms with van der Waals surface area (Å²) in [4.78, 5) is 2.44. The number of piperidine rings is 1. The number of benzene rings is 1. The van der Waals surface area contributed by atoms with Crippen molar-refractivity contribution in [3.8, 4) is 11.5 Å². The van der Waals surface area contributed by atoms with E-state index < -0.39 is 0 Å². The van der Waals surface area contributed by atoms with Gasteiger partial charge in [-0.25, -0.2) is 0 Å². The number of ether oxygens (including phenoxy) is 1. The summed E-state index contributed by atoms with van der Waals surface area (Å²) in [6.07, 6.45) is 2.44. The van der Waals surface area contributed by atoms with E-state index in [1.165, 1.54) is 18.4 Å². The van der Waals surface area contributed by atoms with E-state index in [2.05, 4.69) is 11.8 Å². The van der Waals surface area contributed by atoms with Gasteiger partial charge in [0.15, 0.2) is 11.5 Å². The molecule has 1 aromatic rings. The molecule has 0 aliphatic carbocycles. The highest BCUT2D eigenvalue weighted by atomic mass is 16.5. The molecule has 4 nitrogen and oxygen atoms in total. The maximum atomic E-state index is 9.73. The van der Waals surface area contributed by atoms with Crippen molar-refractivity contribution in [2.24, 2.45) is 11.7 Å². The Bertz CT molecular complexity index is 434. The maximum absolute atomic E-state index is 9.73. The lowest BCUT2D eigenvalue weighted by Gasteiger charge is -2.34. The minimum atomic E-state index is 0.211. The number of aromatic hydroxyl groups is 1. The average Bonchev–Trinajstić information content (AvgIpc) is 2.43.